The zero-order valence-electron chi connectivity index (χ0n) is 11.6. The molecule has 1 N–H and O–H groups in total. The van der Waals surface area contributed by atoms with Gasteiger partial charge >= 0.3 is 6.09 Å². The third-order valence-electron chi connectivity index (χ3n) is 2.93. The summed E-state index contributed by atoms with van der Waals surface area (Å²) < 4.78 is 6.36. The van der Waals surface area contributed by atoms with E-state index in [2.05, 4.69) is 28.2 Å². The zero-order chi connectivity index (χ0) is 14.1. The Bertz CT molecular complexity index is 395. The lowest BCUT2D eigenvalue weighted by atomic mass is 10.1. The summed E-state index contributed by atoms with van der Waals surface area (Å²) in [5.74, 6) is 0. The minimum Gasteiger partial charge on any atom is -0.446 e. The van der Waals surface area contributed by atoms with Crippen LogP contribution >= 0.6 is 15.9 Å². The molecule has 0 saturated heterocycles. The Labute approximate surface area is 123 Å². The van der Waals surface area contributed by atoms with Gasteiger partial charge in [-0.25, -0.2) is 4.79 Å². The first-order chi connectivity index (χ1) is 9.15. The van der Waals surface area contributed by atoms with E-state index in [-0.39, 0.29) is 12.2 Å². The van der Waals surface area contributed by atoms with E-state index >= 15 is 0 Å². The predicted octanol–water partition coefficient (Wildman–Crippen LogP) is 5.36. The molecule has 1 unspecified atom stereocenters. The summed E-state index contributed by atoms with van der Waals surface area (Å²) in [6.45, 7) is 4.21. The summed E-state index contributed by atoms with van der Waals surface area (Å²) >= 11 is 3.37. The van der Waals surface area contributed by atoms with Crippen LogP contribution in [0.3, 0.4) is 0 Å². The minimum atomic E-state index is -0.374. The Morgan fingerprint density at radius 3 is 2.79 bits per heavy atom. The summed E-state index contributed by atoms with van der Waals surface area (Å²) in [5, 5.41) is 2.75. The van der Waals surface area contributed by atoms with Crippen LogP contribution in [-0.4, -0.2) is 12.2 Å². The molecule has 0 bridgehead atoms. The van der Waals surface area contributed by atoms with Crippen LogP contribution < -0.4 is 5.32 Å². The second-order valence-electron chi connectivity index (χ2n) is 4.57. The number of ether oxygens (including phenoxy) is 1. The molecule has 0 fully saturated rings. The van der Waals surface area contributed by atoms with Crippen LogP contribution in [0.4, 0.5) is 10.5 Å². The number of unbranched alkanes of at least 4 members (excludes halogenated alkanes) is 2. The van der Waals surface area contributed by atoms with Crippen molar-refractivity contribution in [3.05, 3.63) is 28.7 Å². The van der Waals surface area contributed by atoms with Gasteiger partial charge in [0.05, 0.1) is 0 Å². The van der Waals surface area contributed by atoms with Gasteiger partial charge in [-0.15, -0.1) is 0 Å². The third kappa shape index (κ3) is 6.62. The first-order valence-corrected chi connectivity index (χ1v) is 7.68. The highest BCUT2D eigenvalue weighted by molar-refractivity contribution is 9.10. The predicted molar refractivity (Wildman–Crippen MR) is 82.5 cm³/mol. The van der Waals surface area contributed by atoms with E-state index in [4.69, 9.17) is 4.74 Å². The van der Waals surface area contributed by atoms with Crippen LogP contribution in [0, 0.1) is 0 Å². The van der Waals surface area contributed by atoms with E-state index in [0.717, 1.165) is 29.4 Å². The Morgan fingerprint density at radius 2 is 2.16 bits per heavy atom. The number of amides is 1. The van der Waals surface area contributed by atoms with Crippen molar-refractivity contribution < 1.29 is 9.53 Å². The Morgan fingerprint density at radius 1 is 1.37 bits per heavy atom. The molecule has 0 radical (unpaired) electrons. The molecule has 19 heavy (non-hydrogen) atoms. The number of hydrogen-bond acceptors (Lipinski definition) is 2. The van der Waals surface area contributed by atoms with Gasteiger partial charge in [0.15, 0.2) is 0 Å². The van der Waals surface area contributed by atoms with Gasteiger partial charge in [0.1, 0.15) is 6.10 Å². The van der Waals surface area contributed by atoms with Crippen molar-refractivity contribution in [1.82, 2.24) is 0 Å². The molecule has 0 heterocycles. The van der Waals surface area contributed by atoms with Crippen molar-refractivity contribution >= 4 is 27.7 Å². The fourth-order valence-electron chi connectivity index (χ4n) is 1.83. The molecular weight excluding hydrogens is 306 g/mol. The third-order valence-corrected chi connectivity index (χ3v) is 3.42. The van der Waals surface area contributed by atoms with Gasteiger partial charge in [-0.1, -0.05) is 48.7 Å². The molecule has 1 aromatic carbocycles. The Balaban J connectivity index is 2.40. The van der Waals surface area contributed by atoms with Crippen molar-refractivity contribution in [3.63, 3.8) is 0 Å². The summed E-state index contributed by atoms with van der Waals surface area (Å²) in [6.07, 6.45) is 4.92. The van der Waals surface area contributed by atoms with E-state index in [0.29, 0.717) is 0 Å². The van der Waals surface area contributed by atoms with Crippen molar-refractivity contribution in [2.45, 2.75) is 52.1 Å². The number of nitrogens with one attached hydrogen (secondary N) is 1. The fourth-order valence-corrected chi connectivity index (χ4v) is 2.23. The molecular formula is C15H22BrNO2. The van der Waals surface area contributed by atoms with Crippen molar-refractivity contribution in [2.24, 2.45) is 0 Å². The summed E-state index contributed by atoms with van der Waals surface area (Å²) in [5.41, 5.74) is 0.739. The van der Waals surface area contributed by atoms with Gasteiger partial charge < -0.3 is 4.74 Å². The second-order valence-corrected chi connectivity index (χ2v) is 5.48. The Hall–Kier alpha value is -1.03. The SMILES string of the molecule is CCCCCC(CC)OC(=O)Nc1cccc(Br)c1. The molecule has 1 aromatic rings. The first kappa shape index (κ1) is 16.0. The van der Waals surface area contributed by atoms with Crippen LogP contribution in [0.5, 0.6) is 0 Å². The van der Waals surface area contributed by atoms with Gasteiger partial charge in [0.25, 0.3) is 0 Å². The van der Waals surface area contributed by atoms with Gasteiger partial charge in [-0.2, -0.15) is 0 Å². The number of benzene rings is 1. The molecule has 0 spiro atoms. The molecule has 0 aliphatic heterocycles. The second kappa shape index (κ2) is 8.97. The van der Waals surface area contributed by atoms with Crippen LogP contribution in [0.25, 0.3) is 0 Å². The number of carbonyl (C=O) groups excluding carboxylic acids is 1. The normalized spacial score (nSPS) is 11.9. The van der Waals surface area contributed by atoms with Crippen molar-refractivity contribution in [1.29, 1.82) is 0 Å². The van der Waals surface area contributed by atoms with E-state index < -0.39 is 0 Å². The molecule has 106 valence electrons. The van der Waals surface area contributed by atoms with Crippen LogP contribution in [0.2, 0.25) is 0 Å². The average Bonchev–Trinajstić information content (AvgIpc) is 2.37. The van der Waals surface area contributed by atoms with Crippen LogP contribution in [-0.2, 0) is 4.74 Å². The van der Waals surface area contributed by atoms with Gasteiger partial charge in [-0.3, -0.25) is 5.32 Å². The summed E-state index contributed by atoms with van der Waals surface area (Å²) in [6, 6.07) is 7.47. The topological polar surface area (TPSA) is 38.3 Å². The maximum atomic E-state index is 11.8. The molecule has 1 atom stereocenters. The van der Waals surface area contributed by atoms with Gasteiger partial charge in [-0.05, 0) is 37.5 Å². The number of hydrogen-bond donors (Lipinski definition) is 1. The number of carbonyl (C=O) groups is 1. The summed E-state index contributed by atoms with van der Waals surface area (Å²) in [7, 11) is 0. The van der Waals surface area contributed by atoms with Gasteiger partial charge in [0.2, 0.25) is 0 Å². The fraction of sp³-hybridized carbons (Fsp3) is 0.533. The number of rotatable bonds is 7. The molecule has 0 saturated carbocycles. The van der Waals surface area contributed by atoms with E-state index in [9.17, 15) is 4.79 Å². The molecule has 3 nitrogen and oxygen atoms in total. The lowest BCUT2D eigenvalue weighted by Gasteiger charge is -2.16. The summed E-state index contributed by atoms with van der Waals surface area (Å²) in [4.78, 5) is 11.8. The smallest absolute Gasteiger partial charge is 0.411 e. The number of anilines is 1. The lowest BCUT2D eigenvalue weighted by Crippen LogP contribution is -2.22. The zero-order valence-corrected chi connectivity index (χ0v) is 13.2. The average molecular weight is 328 g/mol. The molecule has 0 aliphatic carbocycles. The van der Waals surface area contributed by atoms with E-state index in [1.54, 1.807) is 0 Å². The molecule has 0 aliphatic rings. The monoisotopic (exact) mass is 327 g/mol. The van der Waals surface area contributed by atoms with Crippen molar-refractivity contribution in [2.75, 3.05) is 5.32 Å². The Kier molecular flexibility index (Phi) is 7.56. The molecule has 0 aromatic heterocycles. The minimum absolute atomic E-state index is 0.0127. The van der Waals surface area contributed by atoms with Crippen molar-refractivity contribution in [3.8, 4) is 0 Å². The van der Waals surface area contributed by atoms with Crippen LogP contribution in [0.15, 0.2) is 28.7 Å². The molecule has 1 rings (SSSR count). The number of halogens is 1. The molecule has 4 heteroatoms. The van der Waals surface area contributed by atoms with Crippen LogP contribution in [0.1, 0.15) is 46.0 Å². The molecule has 1 amide bonds. The standard InChI is InChI=1S/C15H22BrNO2/c1-3-5-6-10-14(4-2)19-15(18)17-13-9-7-8-12(16)11-13/h7-9,11,14H,3-6,10H2,1-2H3,(H,17,18). The first-order valence-electron chi connectivity index (χ1n) is 6.89. The maximum absolute atomic E-state index is 11.8. The highest BCUT2D eigenvalue weighted by Gasteiger charge is 2.12. The largest absolute Gasteiger partial charge is 0.446 e. The quantitative estimate of drug-likeness (QED) is 0.685. The van der Waals surface area contributed by atoms with E-state index in [1.807, 2.05) is 31.2 Å². The lowest BCUT2D eigenvalue weighted by molar-refractivity contribution is 0.101. The van der Waals surface area contributed by atoms with Gasteiger partial charge in [0, 0.05) is 10.2 Å². The maximum Gasteiger partial charge on any atom is 0.411 e. The van der Waals surface area contributed by atoms with E-state index in [1.165, 1.54) is 12.8 Å². The highest BCUT2D eigenvalue weighted by Crippen LogP contribution is 2.17. The highest BCUT2D eigenvalue weighted by atomic mass is 79.9.